The summed E-state index contributed by atoms with van der Waals surface area (Å²) in [6, 6.07) is 5.87. The van der Waals surface area contributed by atoms with Crippen LogP contribution in [-0.4, -0.2) is 41.0 Å². The molecule has 1 N–H and O–H groups in total. The largest absolute Gasteiger partial charge is 0.508 e. The van der Waals surface area contributed by atoms with Gasteiger partial charge in [0.1, 0.15) is 5.75 Å². The van der Waals surface area contributed by atoms with Gasteiger partial charge in [-0.25, -0.2) is 4.90 Å². The minimum absolute atomic E-state index is 0.125. The zero-order chi connectivity index (χ0) is 14.1. The van der Waals surface area contributed by atoms with Crippen molar-refractivity contribution in [3.05, 3.63) is 24.3 Å². The number of hydrogen-bond donors (Lipinski definition) is 1. The predicted octanol–water partition coefficient (Wildman–Crippen LogP) is 1.51. The van der Waals surface area contributed by atoms with Gasteiger partial charge >= 0.3 is 0 Å². The summed E-state index contributed by atoms with van der Waals surface area (Å²) in [4.78, 5) is 28.0. The topological polar surface area (TPSA) is 60.9 Å². The molecule has 0 bridgehead atoms. The van der Waals surface area contributed by atoms with Gasteiger partial charge in [0.25, 0.3) is 5.91 Å². The maximum atomic E-state index is 12.5. The molecule has 106 valence electrons. The monoisotopic (exact) mass is 274 g/mol. The summed E-state index contributed by atoms with van der Waals surface area (Å²) < 4.78 is 0. The molecule has 2 fully saturated rings. The van der Waals surface area contributed by atoms with Crippen molar-refractivity contribution >= 4 is 17.5 Å². The Kier molecular flexibility index (Phi) is 3.44. The third-order valence-electron chi connectivity index (χ3n) is 4.06. The molecule has 2 aliphatic rings. The number of likely N-dealkylation sites (tertiary alicyclic amines) is 1. The second kappa shape index (κ2) is 5.25. The molecule has 3 rings (SSSR count). The first-order valence-corrected chi connectivity index (χ1v) is 7.07. The molecule has 0 radical (unpaired) electrons. The van der Waals surface area contributed by atoms with Gasteiger partial charge in [-0.05, 0) is 50.2 Å². The summed E-state index contributed by atoms with van der Waals surface area (Å²) in [5, 5.41) is 9.29. The van der Waals surface area contributed by atoms with E-state index in [0.29, 0.717) is 5.69 Å². The van der Waals surface area contributed by atoms with Gasteiger partial charge in [-0.15, -0.1) is 0 Å². The molecule has 2 saturated heterocycles. The van der Waals surface area contributed by atoms with E-state index in [-0.39, 0.29) is 30.0 Å². The SMILES string of the molecule is O=C1CC(N2CCCCC2)C(=O)N1c1ccc(O)cc1. The quantitative estimate of drug-likeness (QED) is 0.830. The van der Waals surface area contributed by atoms with E-state index in [2.05, 4.69) is 4.90 Å². The van der Waals surface area contributed by atoms with Gasteiger partial charge in [0, 0.05) is 0 Å². The lowest BCUT2D eigenvalue weighted by Crippen LogP contribution is -2.44. The first kappa shape index (κ1) is 13.1. The van der Waals surface area contributed by atoms with E-state index >= 15 is 0 Å². The lowest BCUT2D eigenvalue weighted by molar-refractivity contribution is -0.123. The molecule has 1 unspecified atom stereocenters. The molecule has 1 aromatic carbocycles. The van der Waals surface area contributed by atoms with Gasteiger partial charge in [-0.2, -0.15) is 0 Å². The van der Waals surface area contributed by atoms with Gasteiger partial charge in [-0.3, -0.25) is 14.5 Å². The molecule has 1 aromatic rings. The molecule has 2 amide bonds. The van der Waals surface area contributed by atoms with Crippen molar-refractivity contribution in [3.63, 3.8) is 0 Å². The van der Waals surface area contributed by atoms with Crippen molar-refractivity contribution in [2.45, 2.75) is 31.7 Å². The molecule has 20 heavy (non-hydrogen) atoms. The molecule has 0 aromatic heterocycles. The molecular formula is C15H18N2O3. The van der Waals surface area contributed by atoms with Crippen LogP contribution in [-0.2, 0) is 9.59 Å². The van der Waals surface area contributed by atoms with E-state index in [1.54, 1.807) is 12.1 Å². The average Bonchev–Trinajstić information content (AvgIpc) is 2.76. The first-order chi connectivity index (χ1) is 9.66. The van der Waals surface area contributed by atoms with Gasteiger partial charge in [0.05, 0.1) is 18.2 Å². The number of amides is 2. The zero-order valence-corrected chi connectivity index (χ0v) is 11.3. The van der Waals surface area contributed by atoms with Crippen LogP contribution in [0.5, 0.6) is 5.75 Å². The van der Waals surface area contributed by atoms with Crippen LogP contribution in [0.25, 0.3) is 0 Å². The minimum atomic E-state index is -0.309. The van der Waals surface area contributed by atoms with E-state index in [0.717, 1.165) is 25.9 Å². The number of hydrogen-bond acceptors (Lipinski definition) is 4. The van der Waals surface area contributed by atoms with Gasteiger partial charge in [0.2, 0.25) is 5.91 Å². The summed E-state index contributed by atoms with van der Waals surface area (Å²) in [7, 11) is 0. The van der Waals surface area contributed by atoms with E-state index in [1.165, 1.54) is 23.5 Å². The van der Waals surface area contributed by atoms with Crippen LogP contribution in [0.2, 0.25) is 0 Å². The summed E-state index contributed by atoms with van der Waals surface area (Å²) in [6.07, 6.45) is 3.65. The fourth-order valence-electron chi connectivity index (χ4n) is 3.00. The van der Waals surface area contributed by atoms with Crippen LogP contribution in [0.3, 0.4) is 0 Å². The Morgan fingerprint density at radius 1 is 1.00 bits per heavy atom. The molecule has 1 atom stereocenters. The third kappa shape index (κ3) is 2.29. The number of nitrogens with zero attached hydrogens (tertiary/aromatic N) is 2. The zero-order valence-electron chi connectivity index (χ0n) is 11.3. The summed E-state index contributed by atoms with van der Waals surface area (Å²) >= 11 is 0. The summed E-state index contributed by atoms with van der Waals surface area (Å²) in [6.45, 7) is 1.79. The maximum Gasteiger partial charge on any atom is 0.251 e. The smallest absolute Gasteiger partial charge is 0.251 e. The number of aromatic hydroxyl groups is 1. The molecule has 0 aliphatic carbocycles. The van der Waals surface area contributed by atoms with Crippen LogP contribution in [0.1, 0.15) is 25.7 Å². The fourth-order valence-corrected chi connectivity index (χ4v) is 3.00. The Hall–Kier alpha value is -1.88. The second-order valence-electron chi connectivity index (χ2n) is 5.40. The summed E-state index contributed by atoms with van der Waals surface area (Å²) in [5.74, 6) is -0.167. The van der Waals surface area contributed by atoms with Crippen LogP contribution >= 0.6 is 0 Å². The van der Waals surface area contributed by atoms with Crippen molar-refractivity contribution < 1.29 is 14.7 Å². The van der Waals surface area contributed by atoms with Crippen LogP contribution in [0.15, 0.2) is 24.3 Å². The van der Waals surface area contributed by atoms with Gasteiger partial charge in [-0.1, -0.05) is 6.42 Å². The number of imide groups is 1. The Morgan fingerprint density at radius 3 is 2.30 bits per heavy atom. The van der Waals surface area contributed by atoms with Crippen molar-refractivity contribution in [2.75, 3.05) is 18.0 Å². The highest BCUT2D eigenvalue weighted by Crippen LogP contribution is 2.28. The first-order valence-electron chi connectivity index (χ1n) is 7.07. The number of carbonyl (C=O) groups is 2. The highest BCUT2D eigenvalue weighted by atomic mass is 16.3. The third-order valence-corrected chi connectivity index (χ3v) is 4.06. The lowest BCUT2D eigenvalue weighted by Gasteiger charge is -2.30. The number of carbonyl (C=O) groups excluding carboxylic acids is 2. The molecule has 0 spiro atoms. The number of piperidine rings is 1. The van der Waals surface area contributed by atoms with Crippen molar-refractivity contribution in [1.82, 2.24) is 4.90 Å². The van der Waals surface area contributed by atoms with E-state index < -0.39 is 0 Å². The Bertz CT molecular complexity index is 520. The number of rotatable bonds is 2. The number of phenolic OH excluding ortho intramolecular Hbond substituents is 1. The standard InChI is InChI=1S/C15H18N2O3/c18-12-6-4-11(5-7-12)17-14(19)10-13(15(17)20)16-8-2-1-3-9-16/h4-7,13,18H,1-3,8-10H2. The van der Waals surface area contributed by atoms with Crippen molar-refractivity contribution in [2.24, 2.45) is 0 Å². The number of benzene rings is 1. The summed E-state index contributed by atoms with van der Waals surface area (Å²) in [5.41, 5.74) is 0.539. The fraction of sp³-hybridized carbons (Fsp3) is 0.467. The Labute approximate surface area is 117 Å². The highest BCUT2D eigenvalue weighted by Gasteiger charge is 2.42. The molecule has 2 aliphatic heterocycles. The maximum absolute atomic E-state index is 12.5. The normalized spacial score (nSPS) is 24.4. The van der Waals surface area contributed by atoms with Crippen molar-refractivity contribution in [3.8, 4) is 5.75 Å². The molecule has 2 heterocycles. The van der Waals surface area contributed by atoms with E-state index in [1.807, 2.05) is 0 Å². The minimum Gasteiger partial charge on any atom is -0.508 e. The number of anilines is 1. The Morgan fingerprint density at radius 2 is 1.65 bits per heavy atom. The van der Waals surface area contributed by atoms with E-state index in [9.17, 15) is 14.7 Å². The van der Waals surface area contributed by atoms with Gasteiger partial charge in [0.15, 0.2) is 0 Å². The predicted molar refractivity (Wildman–Crippen MR) is 74.4 cm³/mol. The van der Waals surface area contributed by atoms with Gasteiger partial charge < -0.3 is 5.11 Å². The molecule has 5 heteroatoms. The lowest BCUT2D eigenvalue weighted by atomic mass is 10.1. The molecule has 5 nitrogen and oxygen atoms in total. The Balaban J connectivity index is 1.81. The molecular weight excluding hydrogens is 256 g/mol. The van der Waals surface area contributed by atoms with Crippen molar-refractivity contribution in [1.29, 1.82) is 0 Å². The highest BCUT2D eigenvalue weighted by molar-refractivity contribution is 6.22. The average molecular weight is 274 g/mol. The second-order valence-corrected chi connectivity index (χ2v) is 5.40. The van der Waals surface area contributed by atoms with E-state index in [4.69, 9.17) is 0 Å². The van der Waals surface area contributed by atoms with Crippen LogP contribution in [0, 0.1) is 0 Å². The number of phenols is 1. The van der Waals surface area contributed by atoms with Crippen LogP contribution in [0.4, 0.5) is 5.69 Å². The molecule has 0 saturated carbocycles. The van der Waals surface area contributed by atoms with Crippen LogP contribution < -0.4 is 4.90 Å².